The number of halogens is 1. The summed E-state index contributed by atoms with van der Waals surface area (Å²) in [6, 6.07) is 9.00. The van der Waals surface area contributed by atoms with E-state index in [1.807, 2.05) is 19.1 Å². The van der Waals surface area contributed by atoms with Crippen molar-refractivity contribution in [2.24, 2.45) is 0 Å². The van der Waals surface area contributed by atoms with E-state index in [9.17, 15) is 4.39 Å². The highest BCUT2D eigenvalue weighted by Gasteiger charge is 2.16. The summed E-state index contributed by atoms with van der Waals surface area (Å²) in [7, 11) is 0. The van der Waals surface area contributed by atoms with Crippen molar-refractivity contribution in [2.45, 2.75) is 33.4 Å². The van der Waals surface area contributed by atoms with Crippen molar-refractivity contribution in [3.8, 4) is 0 Å². The third-order valence-electron chi connectivity index (χ3n) is 4.60. The molecule has 0 atom stereocenters. The molecule has 3 rings (SSSR count). The minimum Gasteiger partial charge on any atom is -0.465 e. The van der Waals surface area contributed by atoms with Crippen molar-refractivity contribution in [1.82, 2.24) is 9.80 Å². The fourth-order valence-corrected chi connectivity index (χ4v) is 3.14. The number of nitrogens with zero attached hydrogens (tertiary/aromatic N) is 2. The van der Waals surface area contributed by atoms with E-state index in [2.05, 4.69) is 22.8 Å². The molecule has 0 unspecified atom stereocenters. The van der Waals surface area contributed by atoms with Crippen LogP contribution in [0, 0.1) is 19.7 Å². The third-order valence-corrected chi connectivity index (χ3v) is 4.60. The van der Waals surface area contributed by atoms with Crippen LogP contribution in [0.2, 0.25) is 0 Å². The standard InChI is InChI=1S/C19H25FN2O/c1-15-12-19(23-16(15)2)14-22-9-3-8-21(10-11-22)13-17-4-6-18(20)7-5-17/h4-7,12H,3,8-11,13-14H2,1-2H3. The molecule has 124 valence electrons. The topological polar surface area (TPSA) is 19.6 Å². The van der Waals surface area contributed by atoms with Crippen LogP contribution in [-0.2, 0) is 13.1 Å². The van der Waals surface area contributed by atoms with Gasteiger partial charge in [-0.05, 0) is 62.7 Å². The van der Waals surface area contributed by atoms with Gasteiger partial charge in [-0.15, -0.1) is 0 Å². The molecule has 4 heteroatoms. The van der Waals surface area contributed by atoms with E-state index in [0.29, 0.717) is 0 Å². The molecular weight excluding hydrogens is 291 g/mol. The van der Waals surface area contributed by atoms with Gasteiger partial charge in [0.1, 0.15) is 17.3 Å². The quantitative estimate of drug-likeness (QED) is 0.856. The SMILES string of the molecule is Cc1cc(CN2CCCN(Cc3ccc(F)cc3)CC2)oc1C. The lowest BCUT2D eigenvalue weighted by Crippen LogP contribution is -2.30. The highest BCUT2D eigenvalue weighted by Crippen LogP contribution is 2.17. The molecule has 0 bridgehead atoms. The maximum absolute atomic E-state index is 13.0. The summed E-state index contributed by atoms with van der Waals surface area (Å²) in [5.74, 6) is 1.92. The van der Waals surface area contributed by atoms with Crippen LogP contribution in [0.5, 0.6) is 0 Å². The average molecular weight is 316 g/mol. The number of rotatable bonds is 4. The summed E-state index contributed by atoms with van der Waals surface area (Å²) in [5.41, 5.74) is 2.41. The minimum absolute atomic E-state index is 0.167. The number of furan rings is 1. The lowest BCUT2D eigenvalue weighted by Gasteiger charge is -2.21. The van der Waals surface area contributed by atoms with Crippen LogP contribution < -0.4 is 0 Å². The summed E-state index contributed by atoms with van der Waals surface area (Å²) in [6.45, 7) is 10.2. The second-order valence-corrected chi connectivity index (χ2v) is 6.48. The Morgan fingerprint density at radius 3 is 2.22 bits per heavy atom. The Balaban J connectivity index is 1.53. The van der Waals surface area contributed by atoms with Gasteiger partial charge < -0.3 is 4.42 Å². The lowest BCUT2D eigenvalue weighted by molar-refractivity contribution is 0.233. The molecule has 0 N–H and O–H groups in total. The Morgan fingerprint density at radius 2 is 1.61 bits per heavy atom. The first-order valence-electron chi connectivity index (χ1n) is 8.35. The second kappa shape index (κ2) is 7.28. The van der Waals surface area contributed by atoms with E-state index in [0.717, 1.165) is 57.2 Å². The van der Waals surface area contributed by atoms with Crippen LogP contribution in [0.25, 0.3) is 0 Å². The molecule has 23 heavy (non-hydrogen) atoms. The maximum Gasteiger partial charge on any atom is 0.123 e. The summed E-state index contributed by atoms with van der Waals surface area (Å²) in [6.07, 6.45) is 1.15. The van der Waals surface area contributed by atoms with Crippen molar-refractivity contribution >= 4 is 0 Å². The molecule has 3 nitrogen and oxygen atoms in total. The van der Waals surface area contributed by atoms with Crippen molar-refractivity contribution in [3.05, 3.63) is 58.8 Å². The van der Waals surface area contributed by atoms with Crippen molar-refractivity contribution in [1.29, 1.82) is 0 Å². The average Bonchev–Trinajstić information content (AvgIpc) is 2.72. The lowest BCUT2D eigenvalue weighted by atomic mass is 10.2. The Hall–Kier alpha value is -1.65. The predicted octanol–water partition coefficient (Wildman–Crippen LogP) is 3.74. The Kier molecular flexibility index (Phi) is 5.13. The summed E-state index contributed by atoms with van der Waals surface area (Å²) < 4.78 is 18.8. The van der Waals surface area contributed by atoms with E-state index < -0.39 is 0 Å². The first kappa shape index (κ1) is 16.2. The van der Waals surface area contributed by atoms with Gasteiger partial charge in [0.05, 0.1) is 6.54 Å². The summed E-state index contributed by atoms with van der Waals surface area (Å²) in [5, 5.41) is 0. The maximum atomic E-state index is 13.0. The third kappa shape index (κ3) is 4.43. The second-order valence-electron chi connectivity index (χ2n) is 6.48. The van der Waals surface area contributed by atoms with Crippen molar-refractivity contribution < 1.29 is 8.81 Å². The van der Waals surface area contributed by atoms with Gasteiger partial charge in [0.2, 0.25) is 0 Å². The van der Waals surface area contributed by atoms with E-state index in [-0.39, 0.29) is 5.82 Å². The largest absolute Gasteiger partial charge is 0.465 e. The van der Waals surface area contributed by atoms with Crippen LogP contribution in [0.1, 0.15) is 29.1 Å². The van der Waals surface area contributed by atoms with Crippen molar-refractivity contribution in [2.75, 3.05) is 26.2 Å². The van der Waals surface area contributed by atoms with Gasteiger partial charge in [-0.3, -0.25) is 9.80 Å². The van der Waals surface area contributed by atoms with Crippen LogP contribution in [-0.4, -0.2) is 36.0 Å². The van der Waals surface area contributed by atoms with E-state index in [1.54, 1.807) is 12.1 Å². The number of aryl methyl sites for hydroxylation is 2. The zero-order valence-electron chi connectivity index (χ0n) is 14.0. The first-order valence-corrected chi connectivity index (χ1v) is 8.35. The Labute approximate surface area is 137 Å². The van der Waals surface area contributed by atoms with Crippen molar-refractivity contribution in [3.63, 3.8) is 0 Å². The molecule has 1 aliphatic heterocycles. The Morgan fingerprint density at radius 1 is 0.957 bits per heavy atom. The fraction of sp³-hybridized carbons (Fsp3) is 0.474. The Bertz CT molecular complexity index is 616. The van der Waals surface area contributed by atoms with Gasteiger partial charge in [-0.25, -0.2) is 4.39 Å². The fourth-order valence-electron chi connectivity index (χ4n) is 3.14. The molecule has 1 aromatic carbocycles. The number of hydrogen-bond acceptors (Lipinski definition) is 3. The normalized spacial score (nSPS) is 17.3. The van der Waals surface area contributed by atoms with Gasteiger partial charge in [-0.2, -0.15) is 0 Å². The highest BCUT2D eigenvalue weighted by molar-refractivity contribution is 5.18. The van der Waals surface area contributed by atoms with E-state index in [4.69, 9.17) is 4.42 Å². The molecule has 1 fully saturated rings. The van der Waals surface area contributed by atoms with Gasteiger partial charge >= 0.3 is 0 Å². The van der Waals surface area contributed by atoms with E-state index in [1.165, 1.54) is 11.1 Å². The predicted molar refractivity (Wildman–Crippen MR) is 89.8 cm³/mol. The summed E-state index contributed by atoms with van der Waals surface area (Å²) in [4.78, 5) is 4.91. The monoisotopic (exact) mass is 316 g/mol. The van der Waals surface area contributed by atoms with Gasteiger partial charge in [0, 0.05) is 19.6 Å². The molecule has 2 heterocycles. The molecule has 1 aromatic heterocycles. The van der Waals surface area contributed by atoms with Gasteiger partial charge in [-0.1, -0.05) is 12.1 Å². The highest BCUT2D eigenvalue weighted by atomic mass is 19.1. The smallest absolute Gasteiger partial charge is 0.123 e. The van der Waals surface area contributed by atoms with Gasteiger partial charge in [0.15, 0.2) is 0 Å². The molecular formula is C19H25FN2O. The number of benzene rings is 1. The van der Waals surface area contributed by atoms with Crippen LogP contribution >= 0.6 is 0 Å². The van der Waals surface area contributed by atoms with Crippen LogP contribution in [0.15, 0.2) is 34.7 Å². The van der Waals surface area contributed by atoms with Crippen LogP contribution in [0.3, 0.4) is 0 Å². The first-order chi connectivity index (χ1) is 11.1. The molecule has 0 saturated carbocycles. The van der Waals surface area contributed by atoms with E-state index >= 15 is 0 Å². The zero-order valence-corrected chi connectivity index (χ0v) is 14.0. The molecule has 1 saturated heterocycles. The van der Waals surface area contributed by atoms with Crippen LogP contribution in [0.4, 0.5) is 4.39 Å². The minimum atomic E-state index is -0.167. The molecule has 0 aliphatic carbocycles. The number of hydrogen-bond donors (Lipinski definition) is 0. The molecule has 0 radical (unpaired) electrons. The van der Waals surface area contributed by atoms with Gasteiger partial charge in [0.25, 0.3) is 0 Å². The molecule has 1 aliphatic rings. The zero-order chi connectivity index (χ0) is 16.2. The molecule has 0 spiro atoms. The molecule has 0 amide bonds. The molecule has 2 aromatic rings. The summed E-state index contributed by atoms with van der Waals surface area (Å²) >= 11 is 0.